The molecule has 0 radical (unpaired) electrons. The molecule has 0 spiro atoms. The minimum atomic E-state index is -0.701. The van der Waals surface area contributed by atoms with E-state index in [1.165, 1.54) is 0 Å². The molecule has 7 nitrogen and oxygen atoms in total. The van der Waals surface area contributed by atoms with E-state index in [4.69, 9.17) is 28.9 Å². The van der Waals surface area contributed by atoms with Gasteiger partial charge in [-0.25, -0.2) is 9.37 Å². The SMILES string of the molecule is Nc1ncc([N+](=O)[O-])c(Nc2c(Cl)cc(F)cc2Cl)n1. The van der Waals surface area contributed by atoms with Gasteiger partial charge in [-0.3, -0.25) is 10.1 Å². The predicted octanol–water partition coefficient (Wildman–Crippen LogP) is 3.16. The maximum absolute atomic E-state index is 13.1. The van der Waals surface area contributed by atoms with Gasteiger partial charge < -0.3 is 11.1 Å². The number of hydrogen-bond acceptors (Lipinski definition) is 6. The van der Waals surface area contributed by atoms with Crippen LogP contribution in [0.3, 0.4) is 0 Å². The maximum atomic E-state index is 13.1. The molecule has 0 saturated carbocycles. The van der Waals surface area contributed by atoms with Crippen LogP contribution in [0.2, 0.25) is 10.0 Å². The number of nitro groups is 1. The van der Waals surface area contributed by atoms with E-state index in [2.05, 4.69) is 15.3 Å². The van der Waals surface area contributed by atoms with Crippen LogP contribution in [0, 0.1) is 15.9 Å². The number of benzene rings is 1. The van der Waals surface area contributed by atoms with Crippen molar-refractivity contribution >= 4 is 46.3 Å². The smallest absolute Gasteiger partial charge is 0.329 e. The molecule has 1 aromatic heterocycles. The second kappa shape index (κ2) is 5.43. The summed E-state index contributed by atoms with van der Waals surface area (Å²) in [4.78, 5) is 17.4. The van der Waals surface area contributed by atoms with Gasteiger partial charge in [0.2, 0.25) is 11.8 Å². The molecular weight excluding hydrogens is 312 g/mol. The molecule has 1 aromatic carbocycles. The molecule has 10 heteroatoms. The average Bonchev–Trinajstić information content (AvgIpc) is 2.33. The monoisotopic (exact) mass is 317 g/mol. The summed E-state index contributed by atoms with van der Waals surface area (Å²) in [6, 6.07) is 2.01. The molecule has 0 amide bonds. The number of nitrogen functional groups attached to an aromatic ring is 1. The Morgan fingerprint density at radius 3 is 2.50 bits per heavy atom. The highest BCUT2D eigenvalue weighted by Gasteiger charge is 2.19. The zero-order valence-electron chi connectivity index (χ0n) is 9.60. The number of nitrogens with one attached hydrogen (secondary N) is 1. The van der Waals surface area contributed by atoms with Crippen molar-refractivity contribution in [1.29, 1.82) is 0 Å². The Bertz CT molecular complexity index is 674. The van der Waals surface area contributed by atoms with E-state index >= 15 is 0 Å². The maximum Gasteiger partial charge on any atom is 0.329 e. The van der Waals surface area contributed by atoms with Crippen molar-refractivity contribution in [2.45, 2.75) is 0 Å². The lowest BCUT2D eigenvalue weighted by atomic mass is 10.3. The Balaban J connectivity index is 2.50. The molecule has 0 aliphatic heterocycles. The molecular formula is C10H6Cl2FN5O2. The summed E-state index contributed by atoms with van der Waals surface area (Å²) in [5, 5.41) is 13.3. The number of nitrogens with zero attached hydrogens (tertiary/aromatic N) is 3. The van der Waals surface area contributed by atoms with Crippen molar-refractivity contribution in [1.82, 2.24) is 9.97 Å². The first kappa shape index (κ1) is 14.2. The van der Waals surface area contributed by atoms with Crippen LogP contribution in [0.1, 0.15) is 0 Å². The molecule has 0 fully saturated rings. The summed E-state index contributed by atoms with van der Waals surface area (Å²) in [6.07, 6.45) is 0.940. The van der Waals surface area contributed by atoms with E-state index in [1.807, 2.05) is 0 Å². The Labute approximate surface area is 121 Å². The Morgan fingerprint density at radius 2 is 1.95 bits per heavy atom. The Kier molecular flexibility index (Phi) is 3.86. The van der Waals surface area contributed by atoms with Crippen LogP contribution in [-0.2, 0) is 0 Å². The molecule has 0 saturated heterocycles. The first-order valence-corrected chi connectivity index (χ1v) is 5.82. The second-order valence-corrected chi connectivity index (χ2v) is 4.40. The lowest BCUT2D eigenvalue weighted by Crippen LogP contribution is -2.04. The van der Waals surface area contributed by atoms with Crippen LogP contribution in [0.15, 0.2) is 18.3 Å². The van der Waals surface area contributed by atoms with E-state index in [0.29, 0.717) is 0 Å². The third-order valence-electron chi connectivity index (χ3n) is 2.24. The van der Waals surface area contributed by atoms with E-state index < -0.39 is 16.4 Å². The first-order chi connectivity index (χ1) is 9.38. The fraction of sp³-hybridized carbons (Fsp3) is 0. The topological polar surface area (TPSA) is 107 Å². The number of hydrogen-bond donors (Lipinski definition) is 2. The van der Waals surface area contributed by atoms with Crippen LogP contribution < -0.4 is 11.1 Å². The standard InChI is InChI=1S/C10H6Cl2FN5O2/c11-5-1-4(13)2-6(12)8(5)16-9-7(18(19)20)3-15-10(14)17-9/h1-3H,(H3,14,15,16,17). The number of anilines is 3. The lowest BCUT2D eigenvalue weighted by molar-refractivity contribution is -0.384. The summed E-state index contributed by atoms with van der Waals surface area (Å²) in [5.74, 6) is -1.01. The Hall–Kier alpha value is -2.19. The van der Waals surface area contributed by atoms with Crippen molar-refractivity contribution < 1.29 is 9.31 Å². The van der Waals surface area contributed by atoms with Gasteiger partial charge in [0.15, 0.2) is 0 Å². The number of rotatable bonds is 3. The zero-order valence-corrected chi connectivity index (χ0v) is 11.1. The van der Waals surface area contributed by atoms with Crippen molar-refractivity contribution in [3.05, 3.63) is 44.3 Å². The van der Waals surface area contributed by atoms with Gasteiger partial charge in [-0.1, -0.05) is 23.2 Å². The Morgan fingerprint density at radius 1 is 1.35 bits per heavy atom. The van der Waals surface area contributed by atoms with E-state index in [9.17, 15) is 14.5 Å². The van der Waals surface area contributed by atoms with Crippen LogP contribution in [0.4, 0.5) is 27.5 Å². The van der Waals surface area contributed by atoms with Gasteiger partial charge in [0.25, 0.3) is 0 Å². The minimum absolute atomic E-state index is 0.0542. The molecule has 2 rings (SSSR count). The van der Waals surface area contributed by atoms with Gasteiger partial charge >= 0.3 is 5.69 Å². The van der Waals surface area contributed by atoms with Crippen molar-refractivity contribution in [2.75, 3.05) is 11.1 Å². The highest BCUT2D eigenvalue weighted by molar-refractivity contribution is 6.39. The van der Waals surface area contributed by atoms with Crippen LogP contribution in [0.25, 0.3) is 0 Å². The lowest BCUT2D eigenvalue weighted by Gasteiger charge is -2.10. The summed E-state index contributed by atoms with van der Waals surface area (Å²) in [6.45, 7) is 0. The highest BCUT2D eigenvalue weighted by Crippen LogP contribution is 2.35. The summed E-state index contributed by atoms with van der Waals surface area (Å²) in [5.41, 5.74) is 5.03. The molecule has 0 unspecified atom stereocenters. The molecule has 3 N–H and O–H groups in total. The zero-order chi connectivity index (χ0) is 14.9. The van der Waals surface area contributed by atoms with Gasteiger partial charge in [0.05, 0.1) is 20.7 Å². The van der Waals surface area contributed by atoms with Gasteiger partial charge in [-0.2, -0.15) is 4.98 Å². The molecule has 0 aliphatic carbocycles. The summed E-state index contributed by atoms with van der Waals surface area (Å²) >= 11 is 11.6. The molecule has 1 heterocycles. The third kappa shape index (κ3) is 2.86. The largest absolute Gasteiger partial charge is 0.368 e. The van der Waals surface area contributed by atoms with E-state index in [-0.39, 0.29) is 27.5 Å². The van der Waals surface area contributed by atoms with Gasteiger partial charge in [-0.15, -0.1) is 0 Å². The molecule has 0 bridgehead atoms. The fourth-order valence-electron chi connectivity index (χ4n) is 1.39. The quantitative estimate of drug-likeness (QED) is 0.665. The van der Waals surface area contributed by atoms with E-state index in [0.717, 1.165) is 18.3 Å². The highest BCUT2D eigenvalue weighted by atomic mass is 35.5. The minimum Gasteiger partial charge on any atom is -0.368 e. The predicted molar refractivity (Wildman–Crippen MR) is 72.8 cm³/mol. The summed E-state index contributed by atoms with van der Waals surface area (Å²) in [7, 11) is 0. The van der Waals surface area contributed by atoms with Gasteiger partial charge in [0.1, 0.15) is 12.0 Å². The fourth-order valence-corrected chi connectivity index (χ4v) is 1.95. The number of aromatic nitrogens is 2. The van der Waals surface area contributed by atoms with E-state index in [1.54, 1.807) is 0 Å². The van der Waals surface area contributed by atoms with Gasteiger partial charge in [-0.05, 0) is 12.1 Å². The first-order valence-electron chi connectivity index (χ1n) is 5.07. The second-order valence-electron chi connectivity index (χ2n) is 3.59. The van der Waals surface area contributed by atoms with Gasteiger partial charge in [0, 0.05) is 0 Å². The van der Waals surface area contributed by atoms with Crippen molar-refractivity contribution in [3.63, 3.8) is 0 Å². The van der Waals surface area contributed by atoms with Crippen LogP contribution in [0.5, 0.6) is 0 Å². The van der Waals surface area contributed by atoms with Crippen LogP contribution in [-0.4, -0.2) is 14.9 Å². The normalized spacial score (nSPS) is 10.3. The molecule has 0 atom stereocenters. The number of halogens is 3. The van der Waals surface area contributed by atoms with Crippen molar-refractivity contribution in [2.24, 2.45) is 0 Å². The average molecular weight is 318 g/mol. The third-order valence-corrected chi connectivity index (χ3v) is 2.83. The van der Waals surface area contributed by atoms with Crippen molar-refractivity contribution in [3.8, 4) is 0 Å². The summed E-state index contributed by atoms with van der Waals surface area (Å²) < 4.78 is 13.1. The molecule has 104 valence electrons. The number of nitrogens with two attached hydrogens (primary N) is 1. The molecule has 20 heavy (non-hydrogen) atoms. The van der Waals surface area contributed by atoms with Crippen LogP contribution >= 0.6 is 23.2 Å². The molecule has 0 aliphatic rings. The molecule has 2 aromatic rings.